The van der Waals surface area contributed by atoms with Gasteiger partial charge in [-0.3, -0.25) is 9.59 Å². The number of carbonyl (C=O) groups is 2. The SMILES string of the molecule is CCOc1ccc(C(=O)Nc2ccc(N3CCN(C(=O)c4cccs4)CC3)c(Cl)c2)cc1Cl. The Balaban J connectivity index is 1.38. The lowest BCUT2D eigenvalue weighted by molar-refractivity contribution is 0.0751. The van der Waals surface area contributed by atoms with Crippen molar-refractivity contribution in [3.8, 4) is 5.75 Å². The molecule has 1 saturated heterocycles. The largest absolute Gasteiger partial charge is 0.492 e. The summed E-state index contributed by atoms with van der Waals surface area (Å²) in [4.78, 5) is 30.0. The van der Waals surface area contributed by atoms with E-state index in [1.54, 1.807) is 24.3 Å². The summed E-state index contributed by atoms with van der Waals surface area (Å²) < 4.78 is 5.41. The van der Waals surface area contributed by atoms with Crippen LogP contribution in [0.25, 0.3) is 0 Å². The average Bonchev–Trinajstić information content (AvgIpc) is 3.35. The van der Waals surface area contributed by atoms with E-state index in [4.69, 9.17) is 27.9 Å². The lowest BCUT2D eigenvalue weighted by Crippen LogP contribution is -2.48. The van der Waals surface area contributed by atoms with E-state index in [0.717, 1.165) is 10.6 Å². The van der Waals surface area contributed by atoms with Gasteiger partial charge in [0.15, 0.2) is 0 Å². The fourth-order valence-corrected chi connectivity index (χ4v) is 4.89. The summed E-state index contributed by atoms with van der Waals surface area (Å²) >= 11 is 14.2. The number of ether oxygens (including phenoxy) is 1. The van der Waals surface area contributed by atoms with E-state index in [1.807, 2.05) is 41.5 Å². The highest BCUT2D eigenvalue weighted by atomic mass is 35.5. The summed E-state index contributed by atoms with van der Waals surface area (Å²) in [5, 5.41) is 5.68. The highest BCUT2D eigenvalue weighted by Gasteiger charge is 2.24. The molecule has 2 heterocycles. The van der Waals surface area contributed by atoms with Crippen LogP contribution < -0.4 is 15.0 Å². The maximum atomic E-state index is 12.6. The van der Waals surface area contributed by atoms with Gasteiger partial charge in [0.2, 0.25) is 0 Å². The van der Waals surface area contributed by atoms with Crippen molar-refractivity contribution in [1.82, 2.24) is 4.90 Å². The minimum atomic E-state index is -0.288. The van der Waals surface area contributed by atoms with Gasteiger partial charge in [-0.2, -0.15) is 0 Å². The zero-order valence-corrected chi connectivity index (χ0v) is 20.3. The molecule has 0 radical (unpaired) electrons. The van der Waals surface area contributed by atoms with Crippen molar-refractivity contribution in [1.29, 1.82) is 0 Å². The molecule has 6 nitrogen and oxygen atoms in total. The molecule has 1 aliphatic rings. The summed E-state index contributed by atoms with van der Waals surface area (Å²) in [6, 6.07) is 14.1. The first-order valence-corrected chi connectivity index (χ1v) is 12.2. The number of anilines is 2. The van der Waals surface area contributed by atoms with Gasteiger partial charge < -0.3 is 19.9 Å². The third-order valence-corrected chi connectivity index (χ3v) is 6.79. The number of benzene rings is 2. The van der Waals surface area contributed by atoms with Crippen molar-refractivity contribution in [3.05, 3.63) is 74.4 Å². The van der Waals surface area contributed by atoms with Crippen molar-refractivity contribution in [3.63, 3.8) is 0 Å². The predicted molar refractivity (Wildman–Crippen MR) is 134 cm³/mol. The highest BCUT2D eigenvalue weighted by molar-refractivity contribution is 7.12. The van der Waals surface area contributed by atoms with Crippen LogP contribution in [-0.4, -0.2) is 49.5 Å². The van der Waals surface area contributed by atoms with E-state index in [1.165, 1.54) is 11.3 Å². The van der Waals surface area contributed by atoms with E-state index in [2.05, 4.69) is 10.2 Å². The molecule has 0 aliphatic carbocycles. The van der Waals surface area contributed by atoms with Crippen LogP contribution in [0.5, 0.6) is 5.75 Å². The Morgan fingerprint density at radius 3 is 2.45 bits per heavy atom. The number of piperazine rings is 1. The lowest BCUT2D eigenvalue weighted by atomic mass is 10.2. The molecule has 1 fully saturated rings. The van der Waals surface area contributed by atoms with Crippen LogP contribution in [-0.2, 0) is 0 Å². The van der Waals surface area contributed by atoms with Gasteiger partial charge in [-0.15, -0.1) is 11.3 Å². The normalized spacial score (nSPS) is 13.7. The van der Waals surface area contributed by atoms with Crippen LogP contribution >= 0.6 is 34.5 Å². The number of halogens is 2. The molecule has 0 bridgehead atoms. The fraction of sp³-hybridized carbons (Fsp3) is 0.250. The molecule has 9 heteroatoms. The van der Waals surface area contributed by atoms with Crippen molar-refractivity contribution < 1.29 is 14.3 Å². The molecule has 0 unspecified atom stereocenters. The number of hydrogen-bond donors (Lipinski definition) is 1. The third kappa shape index (κ3) is 5.43. The molecule has 1 aliphatic heterocycles. The van der Waals surface area contributed by atoms with Crippen molar-refractivity contribution in [2.45, 2.75) is 6.92 Å². The maximum absolute atomic E-state index is 12.6. The van der Waals surface area contributed by atoms with E-state index in [0.29, 0.717) is 59.8 Å². The number of nitrogens with zero attached hydrogens (tertiary/aromatic N) is 2. The minimum absolute atomic E-state index is 0.0724. The Labute approximate surface area is 206 Å². The van der Waals surface area contributed by atoms with Gasteiger partial charge in [0, 0.05) is 37.4 Å². The molecule has 33 heavy (non-hydrogen) atoms. The van der Waals surface area contributed by atoms with Crippen LogP contribution in [0.3, 0.4) is 0 Å². The monoisotopic (exact) mass is 503 g/mol. The molecule has 2 amide bonds. The number of amides is 2. The van der Waals surface area contributed by atoms with Crippen LogP contribution in [0, 0.1) is 0 Å². The quantitative estimate of drug-likeness (QED) is 0.470. The standard InChI is InChI=1S/C24H23Cl2N3O3S/c1-2-32-21-8-5-16(14-19(21)26)23(30)27-17-6-7-20(18(25)15-17)28-9-11-29(12-10-28)24(31)22-4-3-13-33-22/h3-8,13-15H,2,9-12H2,1H3,(H,27,30). The molecule has 4 rings (SSSR count). The first kappa shape index (κ1) is 23.4. The molecule has 172 valence electrons. The first-order valence-electron chi connectivity index (χ1n) is 10.6. The number of rotatable bonds is 6. The molecule has 2 aromatic carbocycles. The number of hydrogen-bond acceptors (Lipinski definition) is 5. The average molecular weight is 504 g/mol. The second-order valence-corrected chi connectivity index (χ2v) is 9.22. The van der Waals surface area contributed by atoms with Gasteiger partial charge in [-0.1, -0.05) is 29.3 Å². The zero-order chi connectivity index (χ0) is 23.4. The minimum Gasteiger partial charge on any atom is -0.492 e. The summed E-state index contributed by atoms with van der Waals surface area (Å²) in [6.45, 7) is 5.00. The van der Waals surface area contributed by atoms with Crippen molar-refractivity contribution in [2.24, 2.45) is 0 Å². The van der Waals surface area contributed by atoms with Gasteiger partial charge in [-0.05, 0) is 54.8 Å². The predicted octanol–water partition coefficient (Wildman–Crippen LogP) is 5.67. The number of nitrogens with one attached hydrogen (secondary N) is 1. The molecule has 0 saturated carbocycles. The maximum Gasteiger partial charge on any atom is 0.264 e. The van der Waals surface area contributed by atoms with Gasteiger partial charge in [-0.25, -0.2) is 0 Å². The van der Waals surface area contributed by atoms with E-state index >= 15 is 0 Å². The Morgan fingerprint density at radius 1 is 1.03 bits per heavy atom. The Bertz CT molecular complexity index is 1150. The van der Waals surface area contributed by atoms with Gasteiger partial charge in [0.05, 0.1) is 27.2 Å². The van der Waals surface area contributed by atoms with Gasteiger partial charge in [0.25, 0.3) is 11.8 Å². The number of thiophene rings is 1. The summed E-state index contributed by atoms with van der Waals surface area (Å²) in [7, 11) is 0. The van der Waals surface area contributed by atoms with Gasteiger partial charge >= 0.3 is 0 Å². The van der Waals surface area contributed by atoms with E-state index in [-0.39, 0.29) is 11.8 Å². The molecule has 1 aromatic heterocycles. The molecular formula is C24H23Cl2N3O3S. The second kappa shape index (κ2) is 10.5. The molecular weight excluding hydrogens is 481 g/mol. The smallest absolute Gasteiger partial charge is 0.264 e. The van der Waals surface area contributed by atoms with Crippen LogP contribution in [0.15, 0.2) is 53.9 Å². The molecule has 1 N–H and O–H groups in total. The van der Waals surface area contributed by atoms with Crippen LogP contribution in [0.2, 0.25) is 10.0 Å². The summed E-state index contributed by atoms with van der Waals surface area (Å²) in [6.07, 6.45) is 0. The fourth-order valence-electron chi connectivity index (χ4n) is 3.67. The second-order valence-electron chi connectivity index (χ2n) is 7.46. The first-order chi connectivity index (χ1) is 16.0. The summed E-state index contributed by atoms with van der Waals surface area (Å²) in [5.74, 6) is 0.327. The Morgan fingerprint density at radius 2 is 1.82 bits per heavy atom. The van der Waals surface area contributed by atoms with E-state index < -0.39 is 0 Å². The number of carbonyl (C=O) groups excluding carboxylic acids is 2. The summed E-state index contributed by atoms with van der Waals surface area (Å²) in [5.41, 5.74) is 1.89. The Hall–Kier alpha value is -2.74. The van der Waals surface area contributed by atoms with Crippen molar-refractivity contribution in [2.75, 3.05) is 43.0 Å². The molecule has 3 aromatic rings. The zero-order valence-electron chi connectivity index (χ0n) is 18.0. The highest BCUT2D eigenvalue weighted by Crippen LogP contribution is 2.31. The van der Waals surface area contributed by atoms with Crippen LogP contribution in [0.1, 0.15) is 27.0 Å². The van der Waals surface area contributed by atoms with Crippen LogP contribution in [0.4, 0.5) is 11.4 Å². The lowest BCUT2D eigenvalue weighted by Gasteiger charge is -2.36. The Kier molecular flexibility index (Phi) is 7.42. The topological polar surface area (TPSA) is 61.9 Å². The van der Waals surface area contributed by atoms with Gasteiger partial charge in [0.1, 0.15) is 5.75 Å². The van der Waals surface area contributed by atoms with Crippen molar-refractivity contribution >= 4 is 57.7 Å². The third-order valence-electron chi connectivity index (χ3n) is 5.34. The van der Waals surface area contributed by atoms with E-state index in [9.17, 15) is 9.59 Å². The molecule has 0 spiro atoms. The molecule has 0 atom stereocenters.